The highest BCUT2D eigenvalue weighted by Gasteiger charge is 2.16. The van der Waals surface area contributed by atoms with Crippen molar-refractivity contribution in [2.24, 2.45) is 4.99 Å². The van der Waals surface area contributed by atoms with Crippen LogP contribution in [0.4, 0.5) is 17.1 Å². The number of nitro benzene ring substituents is 1. The number of phenolic OH excluding ortho intramolecular Hbond substituents is 1. The molecule has 3 aromatic rings. The summed E-state index contributed by atoms with van der Waals surface area (Å²) in [4.78, 5) is 14.6. The molecular formula is C20H17N3O5S. The third kappa shape index (κ3) is 4.77. The van der Waals surface area contributed by atoms with Crippen molar-refractivity contribution in [2.45, 2.75) is 11.8 Å². The van der Waals surface area contributed by atoms with Crippen molar-refractivity contribution >= 4 is 33.3 Å². The number of nitro groups is 1. The van der Waals surface area contributed by atoms with Gasteiger partial charge in [-0.1, -0.05) is 29.8 Å². The monoisotopic (exact) mass is 411 g/mol. The zero-order chi connectivity index (χ0) is 21.0. The fourth-order valence-electron chi connectivity index (χ4n) is 2.50. The first-order valence-corrected chi connectivity index (χ1v) is 9.94. The lowest BCUT2D eigenvalue weighted by atomic mass is 10.2. The molecule has 0 atom stereocenters. The largest absolute Gasteiger partial charge is 0.502 e. The number of aryl methyl sites for hydroxylation is 1. The summed E-state index contributed by atoms with van der Waals surface area (Å²) in [5.74, 6) is -0.446. The highest BCUT2D eigenvalue weighted by Crippen LogP contribution is 2.28. The molecule has 0 amide bonds. The standard InChI is InChI=1S/C20H17N3O5S/c1-14-6-9-16(10-7-14)29(27,28)22-18-5-3-2-4-17(18)21-13-15-8-11-20(24)19(12-15)23(25)26/h2-13,22,24H,1H3. The molecule has 0 saturated carbocycles. The zero-order valence-electron chi connectivity index (χ0n) is 15.3. The van der Waals surface area contributed by atoms with Gasteiger partial charge in [-0.2, -0.15) is 0 Å². The van der Waals surface area contributed by atoms with Crippen LogP contribution in [-0.4, -0.2) is 24.7 Å². The fourth-order valence-corrected chi connectivity index (χ4v) is 3.58. The summed E-state index contributed by atoms with van der Waals surface area (Å²) >= 11 is 0. The summed E-state index contributed by atoms with van der Waals surface area (Å²) in [7, 11) is -3.81. The molecule has 8 nitrogen and oxygen atoms in total. The number of para-hydroxylation sites is 2. The third-order valence-corrected chi connectivity index (χ3v) is 5.41. The first-order chi connectivity index (χ1) is 13.8. The Morgan fingerprint density at radius 3 is 2.45 bits per heavy atom. The van der Waals surface area contributed by atoms with Crippen molar-refractivity contribution in [3.8, 4) is 5.75 Å². The van der Waals surface area contributed by atoms with Gasteiger partial charge in [-0.3, -0.25) is 19.8 Å². The van der Waals surface area contributed by atoms with Crippen LogP contribution in [0.3, 0.4) is 0 Å². The summed E-state index contributed by atoms with van der Waals surface area (Å²) in [6, 6.07) is 16.8. The topological polar surface area (TPSA) is 122 Å². The highest BCUT2D eigenvalue weighted by molar-refractivity contribution is 7.92. The molecule has 29 heavy (non-hydrogen) atoms. The molecule has 0 radical (unpaired) electrons. The Morgan fingerprint density at radius 1 is 1.07 bits per heavy atom. The number of benzene rings is 3. The lowest BCUT2D eigenvalue weighted by Crippen LogP contribution is -2.13. The molecule has 9 heteroatoms. The molecule has 0 aliphatic rings. The maximum absolute atomic E-state index is 12.6. The molecule has 148 valence electrons. The van der Waals surface area contributed by atoms with Gasteiger partial charge in [-0.15, -0.1) is 0 Å². The highest BCUT2D eigenvalue weighted by atomic mass is 32.2. The van der Waals surface area contributed by atoms with Gasteiger partial charge in [0, 0.05) is 12.3 Å². The van der Waals surface area contributed by atoms with Crippen molar-refractivity contribution in [2.75, 3.05) is 4.72 Å². The van der Waals surface area contributed by atoms with Crippen LogP contribution in [0.15, 0.2) is 76.6 Å². The second kappa shape index (κ2) is 8.11. The molecule has 3 rings (SSSR count). The Kier molecular flexibility index (Phi) is 5.60. The molecule has 0 saturated heterocycles. The fraction of sp³-hybridized carbons (Fsp3) is 0.0500. The second-order valence-corrected chi connectivity index (χ2v) is 7.88. The van der Waals surface area contributed by atoms with Gasteiger partial charge < -0.3 is 5.11 Å². The quantitative estimate of drug-likeness (QED) is 0.358. The second-order valence-electron chi connectivity index (χ2n) is 6.20. The van der Waals surface area contributed by atoms with E-state index >= 15 is 0 Å². The van der Waals surface area contributed by atoms with E-state index in [1.807, 2.05) is 6.92 Å². The van der Waals surface area contributed by atoms with Crippen molar-refractivity contribution in [1.29, 1.82) is 0 Å². The summed E-state index contributed by atoms with van der Waals surface area (Å²) in [5.41, 5.74) is 1.47. The predicted molar refractivity (Wildman–Crippen MR) is 110 cm³/mol. The molecule has 0 aliphatic heterocycles. The van der Waals surface area contributed by atoms with Gasteiger partial charge in [0.25, 0.3) is 10.0 Å². The minimum Gasteiger partial charge on any atom is -0.502 e. The van der Waals surface area contributed by atoms with E-state index in [-0.39, 0.29) is 10.6 Å². The first-order valence-electron chi connectivity index (χ1n) is 8.46. The van der Waals surface area contributed by atoms with E-state index in [0.29, 0.717) is 11.3 Å². The van der Waals surface area contributed by atoms with Gasteiger partial charge in [0.05, 0.1) is 21.2 Å². The van der Waals surface area contributed by atoms with E-state index in [9.17, 15) is 23.6 Å². The van der Waals surface area contributed by atoms with Crippen LogP contribution in [-0.2, 0) is 10.0 Å². The Labute approximate surface area is 167 Å². The molecule has 0 aromatic heterocycles. The van der Waals surface area contributed by atoms with Crippen LogP contribution in [0.25, 0.3) is 0 Å². The van der Waals surface area contributed by atoms with E-state index in [0.717, 1.165) is 5.56 Å². The molecule has 0 fully saturated rings. The average Bonchev–Trinajstić information content (AvgIpc) is 2.68. The number of anilines is 1. The molecule has 0 unspecified atom stereocenters. The van der Waals surface area contributed by atoms with Gasteiger partial charge in [-0.05, 0) is 48.9 Å². The minimum atomic E-state index is -3.81. The van der Waals surface area contributed by atoms with Gasteiger partial charge in [0.1, 0.15) is 0 Å². The van der Waals surface area contributed by atoms with Crippen LogP contribution < -0.4 is 4.72 Å². The smallest absolute Gasteiger partial charge is 0.311 e. The Balaban J connectivity index is 1.90. The Morgan fingerprint density at radius 2 is 1.76 bits per heavy atom. The van der Waals surface area contributed by atoms with Gasteiger partial charge in [-0.25, -0.2) is 8.42 Å². The maximum atomic E-state index is 12.6. The van der Waals surface area contributed by atoms with Crippen LogP contribution >= 0.6 is 0 Å². The Bertz CT molecular complexity index is 1190. The van der Waals surface area contributed by atoms with Gasteiger partial charge in [0.15, 0.2) is 5.75 Å². The normalized spacial score (nSPS) is 11.5. The molecule has 0 bridgehead atoms. The SMILES string of the molecule is Cc1ccc(S(=O)(=O)Nc2ccccc2N=Cc2ccc(O)c([N+](=O)[O-])c2)cc1. The van der Waals surface area contributed by atoms with E-state index in [4.69, 9.17) is 0 Å². The van der Waals surface area contributed by atoms with Crippen molar-refractivity contribution in [3.05, 3.63) is 88.0 Å². The summed E-state index contributed by atoms with van der Waals surface area (Å²) in [6.45, 7) is 1.86. The van der Waals surface area contributed by atoms with E-state index in [2.05, 4.69) is 9.71 Å². The van der Waals surface area contributed by atoms with Crippen LogP contribution in [0, 0.1) is 17.0 Å². The first kappa shape index (κ1) is 20.0. The number of hydrogen-bond donors (Lipinski definition) is 2. The summed E-state index contributed by atoms with van der Waals surface area (Å²) in [5, 5.41) is 20.5. The molecule has 0 aliphatic carbocycles. The molecule has 0 spiro atoms. The number of nitrogens with one attached hydrogen (secondary N) is 1. The minimum absolute atomic E-state index is 0.121. The van der Waals surface area contributed by atoms with Crippen LogP contribution in [0.5, 0.6) is 5.75 Å². The lowest BCUT2D eigenvalue weighted by molar-refractivity contribution is -0.385. The van der Waals surface area contributed by atoms with Gasteiger partial charge >= 0.3 is 5.69 Å². The maximum Gasteiger partial charge on any atom is 0.311 e. The van der Waals surface area contributed by atoms with E-state index < -0.39 is 26.4 Å². The summed E-state index contributed by atoms with van der Waals surface area (Å²) < 4.78 is 27.8. The van der Waals surface area contributed by atoms with Crippen LogP contribution in [0.1, 0.15) is 11.1 Å². The lowest BCUT2D eigenvalue weighted by Gasteiger charge is -2.10. The summed E-state index contributed by atoms with van der Waals surface area (Å²) in [6.07, 6.45) is 1.35. The number of aromatic hydroxyl groups is 1. The van der Waals surface area contributed by atoms with Gasteiger partial charge in [0.2, 0.25) is 0 Å². The number of nitrogens with zero attached hydrogens (tertiary/aromatic N) is 2. The molecule has 0 heterocycles. The van der Waals surface area contributed by atoms with E-state index in [1.165, 1.54) is 36.5 Å². The number of sulfonamides is 1. The van der Waals surface area contributed by atoms with Crippen LogP contribution in [0.2, 0.25) is 0 Å². The Hall–Kier alpha value is -3.72. The number of phenols is 1. The molecular weight excluding hydrogens is 394 g/mol. The average molecular weight is 411 g/mol. The molecule has 2 N–H and O–H groups in total. The van der Waals surface area contributed by atoms with Crippen molar-refractivity contribution in [3.63, 3.8) is 0 Å². The van der Waals surface area contributed by atoms with Crippen molar-refractivity contribution in [1.82, 2.24) is 0 Å². The third-order valence-electron chi connectivity index (χ3n) is 4.03. The van der Waals surface area contributed by atoms with E-state index in [1.54, 1.807) is 36.4 Å². The van der Waals surface area contributed by atoms with Crippen molar-refractivity contribution < 1.29 is 18.4 Å². The predicted octanol–water partition coefficient (Wildman–Crippen LogP) is 4.16. The number of aliphatic imine (C=N–C) groups is 1. The number of rotatable bonds is 6. The number of hydrogen-bond acceptors (Lipinski definition) is 6. The zero-order valence-corrected chi connectivity index (χ0v) is 16.1. The molecule has 3 aromatic carbocycles.